The van der Waals surface area contributed by atoms with Crippen molar-refractivity contribution in [2.24, 2.45) is 0 Å². The Morgan fingerprint density at radius 3 is 2.33 bits per heavy atom. The van der Waals surface area contributed by atoms with Crippen LogP contribution in [0.15, 0.2) is 65.4 Å². The summed E-state index contributed by atoms with van der Waals surface area (Å²) in [6, 6.07) is 10.9. The minimum atomic E-state index is -2.25. The predicted octanol–water partition coefficient (Wildman–Crippen LogP) is 3.68. The molecule has 0 unspecified atom stereocenters. The zero-order valence-electron chi connectivity index (χ0n) is 24.3. The lowest BCUT2D eigenvalue weighted by atomic mass is 9.86. The fourth-order valence-corrected chi connectivity index (χ4v) is 9.79. The van der Waals surface area contributed by atoms with Crippen LogP contribution in [0.4, 0.5) is 5.69 Å². The van der Waals surface area contributed by atoms with E-state index >= 15 is 0 Å². The minimum absolute atomic E-state index is 0.0595. The molecule has 218 valence electrons. The number of benzene rings is 2. The molecular formula is C34H33N2O6Si+. The Balaban J connectivity index is 1.42. The summed E-state index contributed by atoms with van der Waals surface area (Å²) in [6.07, 6.45) is 7.55. The van der Waals surface area contributed by atoms with Crippen molar-refractivity contribution >= 4 is 53.7 Å². The van der Waals surface area contributed by atoms with Gasteiger partial charge in [0.2, 0.25) is 6.10 Å². The van der Waals surface area contributed by atoms with Gasteiger partial charge in [0.05, 0.1) is 17.5 Å². The van der Waals surface area contributed by atoms with Gasteiger partial charge >= 0.3 is 11.9 Å². The Bertz CT molecular complexity index is 1750. The Morgan fingerprint density at radius 2 is 1.70 bits per heavy atom. The van der Waals surface area contributed by atoms with Gasteiger partial charge in [0.1, 0.15) is 21.2 Å². The SMILES string of the molecule is C[Si]1(C)C2=CC(=[N+]3CCC3)C=CC2=C(c2cc(C(=O)OC3C(=O)CCC3=O)ccc2C(=O)O)c2ccc(N3CCC3)cc21. The number of carbonyl (C=O) groups is 4. The molecule has 2 aliphatic carbocycles. The first-order chi connectivity index (χ1) is 20.6. The van der Waals surface area contributed by atoms with Crippen LogP contribution in [0.3, 0.4) is 0 Å². The summed E-state index contributed by atoms with van der Waals surface area (Å²) in [5, 5.41) is 12.8. The number of fused-ring (bicyclic) bond motifs is 2. The van der Waals surface area contributed by atoms with E-state index in [9.17, 15) is 24.3 Å². The van der Waals surface area contributed by atoms with Crippen LogP contribution in [-0.4, -0.2) is 79.3 Å². The molecule has 43 heavy (non-hydrogen) atoms. The highest BCUT2D eigenvalue weighted by atomic mass is 28.3. The normalized spacial score (nSPS) is 20.8. The van der Waals surface area contributed by atoms with Crippen molar-refractivity contribution < 1.29 is 33.6 Å². The van der Waals surface area contributed by atoms with E-state index in [2.05, 4.69) is 59.0 Å². The Kier molecular flexibility index (Phi) is 6.46. The van der Waals surface area contributed by atoms with Crippen LogP contribution >= 0.6 is 0 Å². The van der Waals surface area contributed by atoms with Crippen LogP contribution in [0.2, 0.25) is 13.1 Å². The van der Waals surface area contributed by atoms with Crippen LogP contribution in [0.25, 0.3) is 5.57 Å². The van der Waals surface area contributed by atoms with E-state index < -0.39 is 37.7 Å². The molecule has 2 aromatic rings. The molecule has 8 nitrogen and oxygen atoms in total. The number of aromatic carboxylic acids is 1. The number of anilines is 1. The molecule has 0 spiro atoms. The number of hydrogen-bond acceptors (Lipinski definition) is 6. The maximum Gasteiger partial charge on any atom is 0.339 e. The molecule has 2 aromatic carbocycles. The quantitative estimate of drug-likeness (QED) is 0.244. The van der Waals surface area contributed by atoms with Gasteiger partial charge in [-0.2, -0.15) is 0 Å². The van der Waals surface area contributed by atoms with Gasteiger partial charge in [-0.15, -0.1) is 0 Å². The lowest BCUT2D eigenvalue weighted by Crippen LogP contribution is -2.50. The third kappa shape index (κ3) is 4.45. The number of carboxylic acids is 1. The molecule has 0 bridgehead atoms. The first-order valence-electron chi connectivity index (χ1n) is 14.9. The molecule has 9 heteroatoms. The van der Waals surface area contributed by atoms with Gasteiger partial charge in [-0.05, 0) is 75.5 Å². The standard InChI is InChI=1S/C34H32N2O6Si/c1-43(2)29-18-21(35-13-3-14-35)6-9-24(29)31(25-10-7-22(19-30(25)43)36-15-4-16-36)26-17-20(5-8-23(26)33(39)40)34(41)42-32-27(37)11-12-28(32)38/h5-10,17-19,32H,3-4,11-16H2,1-2H3/p+1. The zero-order chi connectivity index (χ0) is 30.0. The Hall–Kier alpha value is -4.37. The molecule has 3 heterocycles. The van der Waals surface area contributed by atoms with Crippen molar-refractivity contribution in [3.8, 4) is 0 Å². The Morgan fingerprint density at radius 1 is 0.953 bits per heavy atom. The van der Waals surface area contributed by atoms with Crippen molar-refractivity contribution in [2.45, 2.75) is 44.9 Å². The number of esters is 1. The van der Waals surface area contributed by atoms with Crippen LogP contribution in [0.1, 0.15) is 57.5 Å². The summed E-state index contributed by atoms with van der Waals surface area (Å²) in [4.78, 5) is 52.5. The van der Waals surface area contributed by atoms with Crippen molar-refractivity contribution in [3.05, 3.63) is 87.6 Å². The number of Topliss-reactive ketones (excluding diaryl/α,β-unsaturated/α-hetero) is 2. The molecule has 0 aromatic heterocycles. The van der Waals surface area contributed by atoms with E-state index in [4.69, 9.17) is 4.74 Å². The van der Waals surface area contributed by atoms with E-state index in [0.717, 1.165) is 42.9 Å². The summed E-state index contributed by atoms with van der Waals surface area (Å²) >= 11 is 0. The molecule has 0 radical (unpaired) electrons. The van der Waals surface area contributed by atoms with E-state index in [1.165, 1.54) is 46.8 Å². The molecule has 2 saturated heterocycles. The van der Waals surface area contributed by atoms with Gasteiger partial charge in [-0.25, -0.2) is 14.2 Å². The maximum atomic E-state index is 13.2. The molecule has 3 aliphatic heterocycles. The van der Waals surface area contributed by atoms with Gasteiger partial charge in [0, 0.05) is 43.8 Å². The smallest absolute Gasteiger partial charge is 0.339 e. The number of hydrogen-bond donors (Lipinski definition) is 1. The average molecular weight is 594 g/mol. The second kappa shape index (κ2) is 10.1. The van der Waals surface area contributed by atoms with Crippen molar-refractivity contribution in [1.29, 1.82) is 0 Å². The summed E-state index contributed by atoms with van der Waals surface area (Å²) in [6.45, 7) is 8.78. The minimum Gasteiger partial charge on any atom is -0.478 e. The number of rotatable bonds is 5. The van der Waals surface area contributed by atoms with Gasteiger partial charge in [-0.1, -0.05) is 19.2 Å². The fourth-order valence-electron chi connectivity index (χ4n) is 6.72. The monoisotopic (exact) mass is 593 g/mol. The topological polar surface area (TPSA) is 104 Å². The molecular weight excluding hydrogens is 560 g/mol. The fraction of sp³-hybridized carbons (Fsp3) is 0.324. The highest BCUT2D eigenvalue weighted by Crippen LogP contribution is 2.43. The number of ether oxygens (including phenoxy) is 1. The van der Waals surface area contributed by atoms with Crippen molar-refractivity contribution in [2.75, 3.05) is 31.1 Å². The van der Waals surface area contributed by atoms with Crippen LogP contribution in [0, 0.1) is 0 Å². The molecule has 1 N–H and O–H groups in total. The number of carboxylic acid groups (broad SMARTS) is 1. The van der Waals surface area contributed by atoms with E-state index in [1.807, 2.05) is 0 Å². The van der Waals surface area contributed by atoms with Crippen molar-refractivity contribution in [3.63, 3.8) is 0 Å². The number of nitrogens with zero attached hydrogens (tertiary/aromatic N) is 2. The van der Waals surface area contributed by atoms with Gasteiger partial charge in [0.25, 0.3) is 0 Å². The lowest BCUT2D eigenvalue weighted by Gasteiger charge is -2.40. The molecule has 0 atom stereocenters. The number of allylic oxidation sites excluding steroid dienone is 5. The molecule has 7 rings (SSSR count). The largest absolute Gasteiger partial charge is 0.478 e. The predicted molar refractivity (Wildman–Crippen MR) is 165 cm³/mol. The van der Waals surface area contributed by atoms with Gasteiger partial charge < -0.3 is 14.7 Å². The Labute approximate surface area is 250 Å². The van der Waals surface area contributed by atoms with Gasteiger partial charge in [0.15, 0.2) is 17.3 Å². The number of ketones is 2. The summed E-state index contributed by atoms with van der Waals surface area (Å²) < 4.78 is 7.72. The first-order valence-corrected chi connectivity index (χ1v) is 17.9. The van der Waals surface area contributed by atoms with Crippen molar-refractivity contribution in [1.82, 2.24) is 0 Å². The second-order valence-corrected chi connectivity index (χ2v) is 16.8. The summed E-state index contributed by atoms with van der Waals surface area (Å²) in [7, 11) is -2.25. The highest BCUT2D eigenvalue weighted by Gasteiger charge is 2.42. The summed E-state index contributed by atoms with van der Waals surface area (Å²) in [5.41, 5.74) is 5.63. The second-order valence-electron chi connectivity index (χ2n) is 12.4. The molecule has 5 aliphatic rings. The first kappa shape index (κ1) is 27.5. The van der Waals surface area contributed by atoms with Crippen LogP contribution < -0.4 is 10.1 Å². The van der Waals surface area contributed by atoms with Crippen LogP contribution in [-0.2, 0) is 14.3 Å². The third-order valence-corrected chi connectivity index (χ3v) is 13.0. The van der Waals surface area contributed by atoms with E-state index in [-0.39, 0.29) is 24.0 Å². The van der Waals surface area contributed by atoms with E-state index in [1.54, 1.807) is 6.07 Å². The lowest BCUT2D eigenvalue weighted by molar-refractivity contribution is -0.582. The third-order valence-electron chi connectivity index (χ3n) is 9.52. The van der Waals surface area contributed by atoms with Crippen LogP contribution in [0.5, 0.6) is 0 Å². The highest BCUT2D eigenvalue weighted by molar-refractivity contribution is 6.98. The average Bonchev–Trinajstić information content (AvgIpc) is 3.24. The van der Waals surface area contributed by atoms with Gasteiger partial charge in [-0.3, -0.25) is 9.59 Å². The molecule has 0 amide bonds. The molecule has 3 fully saturated rings. The number of carbonyl (C=O) groups excluding carboxylic acids is 3. The molecule has 1 saturated carbocycles. The van der Waals surface area contributed by atoms with E-state index in [0.29, 0.717) is 5.56 Å². The maximum absolute atomic E-state index is 13.2. The zero-order valence-corrected chi connectivity index (χ0v) is 25.3. The summed E-state index contributed by atoms with van der Waals surface area (Å²) in [5.74, 6) is -2.75.